The molecular weight excluding hydrogens is 256 g/mol. The minimum absolute atomic E-state index is 0.303. The molecule has 0 spiro atoms. The molecule has 96 valence electrons. The number of carboxylic acid groups (broad SMARTS) is 1. The summed E-state index contributed by atoms with van der Waals surface area (Å²) in [5, 5.41) is 18.1. The van der Waals surface area contributed by atoms with Crippen molar-refractivity contribution >= 4 is 17.7 Å². The van der Waals surface area contributed by atoms with Crippen LogP contribution in [0.4, 0.5) is 0 Å². The Morgan fingerprint density at radius 2 is 2.44 bits per heavy atom. The SMILES string of the molecule is CC[C@@H](Sc1nnc(-c2ccco2)n1N)C(=O)[O-]. The van der Waals surface area contributed by atoms with Gasteiger partial charge in [-0.15, -0.1) is 10.2 Å². The molecule has 0 saturated carbocycles. The van der Waals surface area contributed by atoms with Crippen molar-refractivity contribution in [2.24, 2.45) is 0 Å². The molecule has 0 fully saturated rings. The van der Waals surface area contributed by atoms with Crippen molar-refractivity contribution in [2.75, 3.05) is 5.84 Å². The van der Waals surface area contributed by atoms with E-state index < -0.39 is 11.2 Å². The summed E-state index contributed by atoms with van der Waals surface area (Å²) in [6.45, 7) is 1.75. The van der Waals surface area contributed by atoms with E-state index in [1.807, 2.05) is 0 Å². The van der Waals surface area contributed by atoms with E-state index in [0.29, 0.717) is 23.2 Å². The van der Waals surface area contributed by atoms with Crippen LogP contribution in [0.1, 0.15) is 13.3 Å². The lowest BCUT2D eigenvalue weighted by Gasteiger charge is -2.13. The summed E-state index contributed by atoms with van der Waals surface area (Å²) < 4.78 is 6.35. The molecule has 0 aromatic carbocycles. The number of carbonyl (C=O) groups is 1. The zero-order valence-corrected chi connectivity index (χ0v) is 10.4. The van der Waals surface area contributed by atoms with Gasteiger partial charge in [0.05, 0.1) is 17.5 Å². The van der Waals surface area contributed by atoms with Crippen molar-refractivity contribution in [3.8, 4) is 11.6 Å². The third-order valence-electron chi connectivity index (χ3n) is 2.29. The highest BCUT2D eigenvalue weighted by atomic mass is 32.2. The molecule has 0 amide bonds. The number of aliphatic carboxylic acids is 1. The molecule has 0 aliphatic heterocycles. The van der Waals surface area contributed by atoms with Crippen LogP contribution in [-0.4, -0.2) is 26.1 Å². The summed E-state index contributed by atoms with van der Waals surface area (Å²) in [7, 11) is 0. The fourth-order valence-corrected chi connectivity index (χ4v) is 2.16. The second-order valence-corrected chi connectivity index (χ2v) is 4.66. The average molecular weight is 267 g/mol. The number of furan rings is 1. The number of aromatic nitrogens is 3. The average Bonchev–Trinajstić information content (AvgIpc) is 2.95. The molecule has 2 heterocycles. The van der Waals surface area contributed by atoms with Gasteiger partial charge < -0.3 is 20.2 Å². The molecule has 0 saturated heterocycles. The first kappa shape index (κ1) is 12.5. The molecule has 0 aliphatic carbocycles. The van der Waals surface area contributed by atoms with Crippen LogP contribution in [0, 0.1) is 0 Å². The van der Waals surface area contributed by atoms with Crippen LogP contribution in [0.2, 0.25) is 0 Å². The number of thioether (sulfide) groups is 1. The maximum absolute atomic E-state index is 10.8. The van der Waals surface area contributed by atoms with Crippen molar-refractivity contribution in [1.82, 2.24) is 14.9 Å². The van der Waals surface area contributed by atoms with Crippen molar-refractivity contribution < 1.29 is 14.3 Å². The van der Waals surface area contributed by atoms with Crippen LogP contribution in [0.3, 0.4) is 0 Å². The second kappa shape index (κ2) is 5.13. The Balaban J connectivity index is 2.23. The number of nitrogens with two attached hydrogens (primary N) is 1. The number of nitrogens with zero attached hydrogens (tertiary/aromatic N) is 3. The lowest BCUT2D eigenvalue weighted by atomic mass is 10.3. The molecule has 8 heteroatoms. The number of nitrogen functional groups attached to an aromatic ring is 1. The fourth-order valence-electron chi connectivity index (χ4n) is 1.36. The summed E-state index contributed by atoms with van der Waals surface area (Å²) in [5.74, 6) is 5.46. The van der Waals surface area contributed by atoms with Gasteiger partial charge in [0, 0.05) is 0 Å². The first-order valence-electron chi connectivity index (χ1n) is 5.25. The molecule has 18 heavy (non-hydrogen) atoms. The molecular formula is C10H11N4O3S-. The third-order valence-corrected chi connectivity index (χ3v) is 3.59. The van der Waals surface area contributed by atoms with Gasteiger partial charge in [-0.25, -0.2) is 4.68 Å². The highest BCUT2D eigenvalue weighted by Gasteiger charge is 2.18. The zero-order valence-electron chi connectivity index (χ0n) is 9.57. The van der Waals surface area contributed by atoms with Gasteiger partial charge in [0.1, 0.15) is 0 Å². The lowest BCUT2D eigenvalue weighted by Crippen LogP contribution is -2.33. The van der Waals surface area contributed by atoms with Crippen molar-refractivity contribution in [1.29, 1.82) is 0 Å². The molecule has 2 rings (SSSR count). The van der Waals surface area contributed by atoms with Crippen LogP contribution in [0.15, 0.2) is 28.0 Å². The molecule has 0 unspecified atom stereocenters. The molecule has 2 aromatic rings. The minimum Gasteiger partial charge on any atom is -0.549 e. The van der Waals surface area contributed by atoms with Crippen LogP contribution in [-0.2, 0) is 4.79 Å². The molecule has 1 atom stereocenters. The highest BCUT2D eigenvalue weighted by Crippen LogP contribution is 2.25. The van der Waals surface area contributed by atoms with Gasteiger partial charge in [-0.2, -0.15) is 0 Å². The van der Waals surface area contributed by atoms with Crippen molar-refractivity contribution in [3.63, 3.8) is 0 Å². The van der Waals surface area contributed by atoms with E-state index in [2.05, 4.69) is 10.2 Å². The monoisotopic (exact) mass is 267 g/mol. The van der Waals surface area contributed by atoms with E-state index in [1.54, 1.807) is 19.1 Å². The normalized spacial score (nSPS) is 12.5. The third kappa shape index (κ3) is 2.33. The van der Waals surface area contributed by atoms with E-state index in [-0.39, 0.29) is 0 Å². The zero-order chi connectivity index (χ0) is 13.1. The Hall–Kier alpha value is -1.96. The van der Waals surface area contributed by atoms with Crippen LogP contribution < -0.4 is 10.9 Å². The summed E-state index contributed by atoms with van der Waals surface area (Å²) in [6.07, 6.45) is 1.91. The van der Waals surface area contributed by atoms with Crippen LogP contribution in [0.5, 0.6) is 0 Å². The molecule has 2 aromatic heterocycles. The first-order valence-corrected chi connectivity index (χ1v) is 6.13. The largest absolute Gasteiger partial charge is 0.549 e. The first-order chi connectivity index (χ1) is 8.63. The maximum Gasteiger partial charge on any atom is 0.218 e. The second-order valence-electron chi connectivity index (χ2n) is 3.49. The number of rotatable bonds is 5. The van der Waals surface area contributed by atoms with Gasteiger partial charge in [-0.05, 0) is 18.6 Å². The van der Waals surface area contributed by atoms with E-state index >= 15 is 0 Å². The fraction of sp³-hybridized carbons (Fsp3) is 0.300. The van der Waals surface area contributed by atoms with Crippen molar-refractivity contribution in [2.45, 2.75) is 23.8 Å². The maximum atomic E-state index is 10.8. The predicted molar refractivity (Wildman–Crippen MR) is 62.8 cm³/mol. The molecule has 7 nitrogen and oxygen atoms in total. The highest BCUT2D eigenvalue weighted by molar-refractivity contribution is 8.00. The minimum atomic E-state index is -1.15. The van der Waals surface area contributed by atoms with Gasteiger partial charge in [0.15, 0.2) is 5.76 Å². The van der Waals surface area contributed by atoms with E-state index in [4.69, 9.17) is 10.3 Å². The van der Waals surface area contributed by atoms with Crippen LogP contribution in [0.25, 0.3) is 11.6 Å². The van der Waals surface area contributed by atoms with Gasteiger partial charge in [-0.1, -0.05) is 18.7 Å². The summed E-state index contributed by atoms with van der Waals surface area (Å²) in [6, 6.07) is 3.39. The number of hydrogen-bond donors (Lipinski definition) is 1. The standard InChI is InChI=1S/C10H12N4O3S/c1-2-7(9(15)16)18-10-13-12-8(14(10)11)6-4-3-5-17-6/h3-5,7H,2,11H2,1H3,(H,15,16)/p-1/t7-/m1/s1. The Kier molecular flexibility index (Phi) is 3.56. The number of hydrogen-bond acceptors (Lipinski definition) is 7. The van der Waals surface area contributed by atoms with E-state index in [0.717, 1.165) is 11.8 Å². The summed E-state index contributed by atoms with van der Waals surface area (Å²) in [4.78, 5) is 10.8. The van der Waals surface area contributed by atoms with Gasteiger partial charge >= 0.3 is 0 Å². The van der Waals surface area contributed by atoms with E-state index in [9.17, 15) is 9.90 Å². The number of carbonyl (C=O) groups excluding carboxylic acids is 1. The van der Waals surface area contributed by atoms with Gasteiger partial charge in [-0.3, -0.25) is 0 Å². The van der Waals surface area contributed by atoms with E-state index in [1.165, 1.54) is 10.9 Å². The molecule has 2 N–H and O–H groups in total. The molecule has 0 bridgehead atoms. The Bertz CT molecular complexity index is 537. The Morgan fingerprint density at radius 3 is 3.00 bits per heavy atom. The van der Waals surface area contributed by atoms with Crippen molar-refractivity contribution in [3.05, 3.63) is 18.4 Å². The predicted octanol–water partition coefficient (Wildman–Crippen LogP) is -0.128. The summed E-state index contributed by atoms with van der Waals surface area (Å²) in [5.41, 5.74) is 0. The molecule has 0 aliphatic rings. The smallest absolute Gasteiger partial charge is 0.218 e. The Labute approximate surface area is 107 Å². The topological polar surface area (TPSA) is 110 Å². The van der Waals surface area contributed by atoms with Crippen LogP contribution >= 0.6 is 11.8 Å². The Morgan fingerprint density at radius 1 is 1.67 bits per heavy atom. The molecule has 0 radical (unpaired) electrons. The quantitative estimate of drug-likeness (QED) is 0.593. The van der Waals surface area contributed by atoms with Gasteiger partial charge in [0.25, 0.3) is 0 Å². The summed E-state index contributed by atoms with van der Waals surface area (Å²) >= 11 is 1.00. The number of carboxylic acids is 1. The van der Waals surface area contributed by atoms with Gasteiger partial charge in [0.2, 0.25) is 11.0 Å². The lowest BCUT2D eigenvalue weighted by molar-refractivity contribution is -0.304.